The highest BCUT2D eigenvalue weighted by atomic mass is 35.5. The number of carbonyl (C=O) groups is 2. The molecule has 0 bridgehead atoms. The fourth-order valence-electron chi connectivity index (χ4n) is 2.68. The van der Waals surface area contributed by atoms with Crippen LogP contribution in [0.4, 0.5) is 11.4 Å². The van der Waals surface area contributed by atoms with Crippen LogP contribution in [-0.4, -0.2) is 24.5 Å². The van der Waals surface area contributed by atoms with E-state index in [1.54, 1.807) is 42.5 Å². The van der Waals surface area contributed by atoms with Gasteiger partial charge in [0, 0.05) is 0 Å². The summed E-state index contributed by atoms with van der Waals surface area (Å²) in [7, 11) is 0. The van der Waals surface area contributed by atoms with Gasteiger partial charge in [0.05, 0.1) is 29.4 Å². The molecule has 2 aromatic carbocycles. The van der Waals surface area contributed by atoms with Crippen molar-refractivity contribution in [3.05, 3.63) is 53.6 Å². The van der Waals surface area contributed by atoms with Gasteiger partial charge in [-0.3, -0.25) is 9.59 Å². The number of carbonyl (C=O) groups excluding carboxylic acids is 2. The normalized spacial score (nSPS) is 17.2. The van der Waals surface area contributed by atoms with E-state index in [2.05, 4.69) is 5.32 Å². The predicted octanol–water partition coefficient (Wildman–Crippen LogP) is 3.48. The van der Waals surface area contributed by atoms with Crippen LogP contribution in [0.3, 0.4) is 0 Å². The van der Waals surface area contributed by atoms with Crippen LogP contribution in [0.1, 0.15) is 13.3 Å². The quantitative estimate of drug-likeness (QED) is 0.844. The fraction of sp³-hybridized carbons (Fsp3) is 0.222. The minimum Gasteiger partial charge on any atom is -0.492 e. The number of nitrogens with zero attached hydrogens (tertiary/aromatic N) is 1. The molecule has 5 nitrogen and oxygen atoms in total. The second-order valence-corrected chi connectivity index (χ2v) is 5.76. The highest BCUT2D eigenvalue weighted by Crippen LogP contribution is 2.33. The Bertz CT molecular complexity index is 778. The van der Waals surface area contributed by atoms with Gasteiger partial charge in [-0.05, 0) is 31.2 Å². The van der Waals surface area contributed by atoms with E-state index in [1.807, 2.05) is 13.0 Å². The summed E-state index contributed by atoms with van der Waals surface area (Å²) in [5.74, 6) is -0.0659. The summed E-state index contributed by atoms with van der Waals surface area (Å²) in [5, 5.41) is 3.56. The monoisotopic (exact) mass is 344 g/mol. The zero-order valence-corrected chi connectivity index (χ0v) is 13.9. The smallest absolute Gasteiger partial charge is 0.256 e. The van der Waals surface area contributed by atoms with Crippen LogP contribution in [-0.2, 0) is 9.59 Å². The topological polar surface area (TPSA) is 58.6 Å². The van der Waals surface area contributed by atoms with Gasteiger partial charge in [-0.2, -0.15) is 0 Å². The molecule has 0 saturated carbocycles. The summed E-state index contributed by atoms with van der Waals surface area (Å²) < 4.78 is 5.53. The Hall–Kier alpha value is -2.53. The van der Waals surface area contributed by atoms with Crippen LogP contribution in [0.2, 0.25) is 5.02 Å². The summed E-state index contributed by atoms with van der Waals surface area (Å²) in [5.41, 5.74) is 1.10. The first kappa shape index (κ1) is 16.3. The van der Waals surface area contributed by atoms with Gasteiger partial charge in [-0.15, -0.1) is 0 Å². The fourth-order valence-corrected chi connectivity index (χ4v) is 2.87. The molecule has 0 aliphatic carbocycles. The number of rotatable bonds is 5. The van der Waals surface area contributed by atoms with Crippen molar-refractivity contribution in [1.82, 2.24) is 0 Å². The van der Waals surface area contributed by atoms with Crippen molar-refractivity contribution in [3.63, 3.8) is 0 Å². The van der Waals surface area contributed by atoms with E-state index in [-0.39, 0.29) is 18.2 Å². The standard InChI is InChI=1S/C18H17ClN2O3/c1-2-24-16-10-6-5-9-15(16)21-17(22)11-14(18(21)23)20-13-8-4-3-7-12(13)19/h3-10,14,20H,2,11H2,1H3. The van der Waals surface area contributed by atoms with E-state index >= 15 is 0 Å². The van der Waals surface area contributed by atoms with Crippen LogP contribution in [0.25, 0.3) is 0 Å². The molecule has 1 heterocycles. The van der Waals surface area contributed by atoms with Gasteiger partial charge in [-0.25, -0.2) is 4.90 Å². The molecule has 1 N–H and O–H groups in total. The minimum atomic E-state index is -0.646. The molecule has 24 heavy (non-hydrogen) atoms. The lowest BCUT2D eigenvalue weighted by Crippen LogP contribution is -2.35. The molecule has 0 spiro atoms. The van der Waals surface area contributed by atoms with E-state index in [0.717, 1.165) is 0 Å². The Morgan fingerprint density at radius 1 is 1.17 bits per heavy atom. The number of nitrogens with one attached hydrogen (secondary N) is 1. The SMILES string of the molecule is CCOc1ccccc1N1C(=O)CC(Nc2ccccc2Cl)C1=O. The number of anilines is 2. The Morgan fingerprint density at radius 2 is 1.88 bits per heavy atom. The Balaban J connectivity index is 1.86. The number of hydrogen-bond donors (Lipinski definition) is 1. The first-order chi connectivity index (χ1) is 11.6. The van der Waals surface area contributed by atoms with Gasteiger partial charge < -0.3 is 10.1 Å². The summed E-state index contributed by atoms with van der Waals surface area (Å²) in [6.07, 6.45) is 0.0739. The molecular formula is C18H17ClN2O3. The number of hydrogen-bond acceptors (Lipinski definition) is 4. The maximum Gasteiger partial charge on any atom is 0.256 e. The van der Waals surface area contributed by atoms with Crippen LogP contribution >= 0.6 is 11.6 Å². The van der Waals surface area contributed by atoms with Gasteiger partial charge in [0.15, 0.2) is 0 Å². The summed E-state index contributed by atoms with van der Waals surface area (Å²) in [6.45, 7) is 2.31. The average molecular weight is 345 g/mol. The number of halogens is 1. The third-order valence-corrected chi connectivity index (χ3v) is 4.09. The van der Waals surface area contributed by atoms with E-state index < -0.39 is 6.04 Å². The molecule has 1 atom stereocenters. The largest absolute Gasteiger partial charge is 0.492 e. The van der Waals surface area contributed by atoms with Crippen molar-refractivity contribution in [2.75, 3.05) is 16.8 Å². The molecule has 0 aromatic heterocycles. The molecule has 1 fully saturated rings. The Labute approximate surface area is 145 Å². The number of para-hydroxylation sites is 3. The molecule has 0 radical (unpaired) electrons. The number of amides is 2. The molecule has 124 valence electrons. The molecule has 2 aromatic rings. The van der Waals surface area contributed by atoms with Crippen LogP contribution < -0.4 is 15.0 Å². The zero-order valence-electron chi connectivity index (χ0n) is 13.2. The lowest BCUT2D eigenvalue weighted by Gasteiger charge is -2.19. The van der Waals surface area contributed by atoms with E-state index in [4.69, 9.17) is 16.3 Å². The first-order valence-corrected chi connectivity index (χ1v) is 8.09. The first-order valence-electron chi connectivity index (χ1n) is 7.71. The number of imide groups is 1. The van der Waals surface area contributed by atoms with Gasteiger partial charge in [-0.1, -0.05) is 35.9 Å². The second kappa shape index (κ2) is 6.93. The molecule has 1 aliphatic heterocycles. The summed E-state index contributed by atoms with van der Waals surface area (Å²) >= 11 is 6.11. The van der Waals surface area contributed by atoms with E-state index in [9.17, 15) is 9.59 Å². The molecular weight excluding hydrogens is 328 g/mol. The Kier molecular flexibility index (Phi) is 4.71. The van der Waals surface area contributed by atoms with Crippen molar-refractivity contribution in [1.29, 1.82) is 0 Å². The minimum absolute atomic E-state index is 0.0739. The molecule has 6 heteroatoms. The van der Waals surface area contributed by atoms with Crippen molar-refractivity contribution in [2.24, 2.45) is 0 Å². The molecule has 3 rings (SSSR count). The Morgan fingerprint density at radius 3 is 2.62 bits per heavy atom. The average Bonchev–Trinajstić information content (AvgIpc) is 2.85. The molecule has 1 saturated heterocycles. The van der Waals surface area contributed by atoms with Gasteiger partial charge in [0.25, 0.3) is 5.91 Å². The summed E-state index contributed by atoms with van der Waals surface area (Å²) in [4.78, 5) is 26.3. The molecule has 1 aliphatic rings. The highest BCUT2D eigenvalue weighted by molar-refractivity contribution is 6.33. The van der Waals surface area contributed by atoms with Crippen molar-refractivity contribution < 1.29 is 14.3 Å². The van der Waals surface area contributed by atoms with E-state index in [0.29, 0.717) is 28.8 Å². The maximum atomic E-state index is 12.7. The predicted molar refractivity (Wildman–Crippen MR) is 93.6 cm³/mol. The lowest BCUT2D eigenvalue weighted by atomic mass is 10.2. The van der Waals surface area contributed by atoms with Crippen LogP contribution in [0.5, 0.6) is 5.75 Å². The highest BCUT2D eigenvalue weighted by Gasteiger charge is 2.40. The maximum absolute atomic E-state index is 12.7. The molecule has 1 unspecified atom stereocenters. The van der Waals surface area contributed by atoms with Crippen molar-refractivity contribution in [3.8, 4) is 5.75 Å². The van der Waals surface area contributed by atoms with Gasteiger partial charge in [0.1, 0.15) is 11.8 Å². The van der Waals surface area contributed by atoms with Crippen LogP contribution in [0.15, 0.2) is 48.5 Å². The van der Waals surface area contributed by atoms with Gasteiger partial charge in [0.2, 0.25) is 5.91 Å². The summed E-state index contributed by atoms with van der Waals surface area (Å²) in [6, 6.07) is 13.5. The van der Waals surface area contributed by atoms with Crippen LogP contribution in [0, 0.1) is 0 Å². The zero-order chi connectivity index (χ0) is 17.1. The van der Waals surface area contributed by atoms with E-state index in [1.165, 1.54) is 4.90 Å². The second-order valence-electron chi connectivity index (χ2n) is 5.35. The third kappa shape index (κ3) is 3.08. The number of ether oxygens (including phenoxy) is 1. The lowest BCUT2D eigenvalue weighted by molar-refractivity contribution is -0.121. The van der Waals surface area contributed by atoms with Gasteiger partial charge >= 0.3 is 0 Å². The van der Waals surface area contributed by atoms with Crippen molar-refractivity contribution >= 4 is 34.8 Å². The van der Waals surface area contributed by atoms with Crippen molar-refractivity contribution in [2.45, 2.75) is 19.4 Å². The number of benzene rings is 2. The molecule has 2 amide bonds. The third-order valence-electron chi connectivity index (χ3n) is 3.76.